The van der Waals surface area contributed by atoms with Crippen molar-refractivity contribution in [2.24, 2.45) is 23.2 Å². The number of rotatable bonds is 1. The van der Waals surface area contributed by atoms with Gasteiger partial charge in [-0.3, -0.25) is 9.59 Å². The van der Waals surface area contributed by atoms with Crippen molar-refractivity contribution < 1.29 is 14.7 Å². The molecule has 3 heteroatoms. The number of ketones is 1. The molecule has 1 N–H and O–H groups in total. The van der Waals surface area contributed by atoms with Crippen LogP contribution in [0.25, 0.3) is 0 Å². The van der Waals surface area contributed by atoms with Gasteiger partial charge in [0.05, 0.1) is 0 Å². The quantitative estimate of drug-likeness (QED) is 0.692. The number of hydrogen-bond donors (Lipinski definition) is 1. The van der Waals surface area contributed by atoms with Crippen LogP contribution < -0.4 is 0 Å². The van der Waals surface area contributed by atoms with E-state index in [2.05, 4.69) is 6.92 Å². The Morgan fingerprint density at radius 3 is 2.81 bits per heavy atom. The summed E-state index contributed by atoms with van der Waals surface area (Å²) in [5.74, 6) is -0.319. The minimum absolute atomic E-state index is 0.0151. The van der Waals surface area contributed by atoms with Gasteiger partial charge in [-0.1, -0.05) is 19.4 Å². The summed E-state index contributed by atoms with van der Waals surface area (Å²) in [5, 5.41) is 9.32. The Hall–Kier alpha value is -1.12. The van der Waals surface area contributed by atoms with Crippen LogP contribution in [0.1, 0.15) is 33.1 Å². The highest BCUT2D eigenvalue weighted by molar-refractivity contribution is 6.09. The summed E-state index contributed by atoms with van der Waals surface area (Å²) >= 11 is 0. The molecule has 0 amide bonds. The van der Waals surface area contributed by atoms with Crippen LogP contribution in [0.15, 0.2) is 12.2 Å². The number of carboxylic acids is 1. The molecule has 0 unspecified atom stereocenters. The molecular formula is C13H18O3. The number of carbonyl (C=O) groups is 2. The predicted molar refractivity (Wildman–Crippen MR) is 59.9 cm³/mol. The molecule has 1 fully saturated rings. The van der Waals surface area contributed by atoms with E-state index in [-0.39, 0.29) is 17.6 Å². The van der Waals surface area contributed by atoms with E-state index in [9.17, 15) is 14.7 Å². The Labute approximate surface area is 95.5 Å². The average Bonchev–Trinajstić information content (AvgIpc) is 2.23. The molecule has 0 heterocycles. The molecule has 0 bridgehead atoms. The molecule has 0 aromatic rings. The van der Waals surface area contributed by atoms with Gasteiger partial charge in [-0.2, -0.15) is 0 Å². The Balaban J connectivity index is 2.36. The SMILES string of the molecule is C[C@H]1CC[C@H]2[C@@H](C=CC(=O)[C@]2(C)C(=O)O)C1. The molecule has 88 valence electrons. The number of carbonyl (C=O) groups excluding carboxylic acids is 1. The summed E-state index contributed by atoms with van der Waals surface area (Å²) in [6, 6.07) is 0. The van der Waals surface area contributed by atoms with Crippen LogP contribution in [0.5, 0.6) is 0 Å². The molecule has 2 rings (SSSR count). The van der Waals surface area contributed by atoms with Gasteiger partial charge < -0.3 is 5.11 Å². The summed E-state index contributed by atoms with van der Waals surface area (Å²) in [7, 11) is 0. The lowest BCUT2D eigenvalue weighted by Crippen LogP contribution is -2.49. The van der Waals surface area contributed by atoms with Crippen molar-refractivity contribution in [2.75, 3.05) is 0 Å². The van der Waals surface area contributed by atoms with Crippen molar-refractivity contribution in [1.82, 2.24) is 0 Å². The van der Waals surface area contributed by atoms with E-state index < -0.39 is 11.4 Å². The van der Waals surface area contributed by atoms with Crippen molar-refractivity contribution in [3.8, 4) is 0 Å². The molecule has 0 aromatic heterocycles. The first-order chi connectivity index (χ1) is 7.46. The maximum absolute atomic E-state index is 11.8. The van der Waals surface area contributed by atoms with Crippen molar-refractivity contribution in [3.05, 3.63) is 12.2 Å². The van der Waals surface area contributed by atoms with Gasteiger partial charge in [-0.25, -0.2) is 0 Å². The van der Waals surface area contributed by atoms with Crippen molar-refractivity contribution in [1.29, 1.82) is 0 Å². The van der Waals surface area contributed by atoms with Crippen LogP contribution in [-0.4, -0.2) is 16.9 Å². The smallest absolute Gasteiger partial charge is 0.317 e. The standard InChI is InChI=1S/C13H18O3/c1-8-3-5-10-9(7-8)4-6-11(14)13(10,2)12(15)16/h4,6,8-10H,3,5,7H2,1-2H3,(H,15,16)/t8-,9-,10-,13+/m0/s1. The number of allylic oxidation sites excluding steroid dienone is 2. The third kappa shape index (κ3) is 1.49. The third-order valence-electron chi connectivity index (χ3n) is 4.35. The summed E-state index contributed by atoms with van der Waals surface area (Å²) in [4.78, 5) is 23.2. The molecule has 1 saturated carbocycles. The van der Waals surface area contributed by atoms with E-state index in [0.717, 1.165) is 19.3 Å². The Morgan fingerprint density at radius 1 is 1.50 bits per heavy atom. The summed E-state index contributed by atoms with van der Waals surface area (Å²) < 4.78 is 0. The van der Waals surface area contributed by atoms with Crippen LogP contribution in [0, 0.1) is 23.2 Å². The lowest BCUT2D eigenvalue weighted by Gasteiger charge is -2.43. The first-order valence-electron chi connectivity index (χ1n) is 5.92. The molecule has 0 aliphatic heterocycles. The fourth-order valence-electron chi connectivity index (χ4n) is 3.19. The lowest BCUT2D eigenvalue weighted by molar-refractivity contribution is -0.159. The van der Waals surface area contributed by atoms with Crippen LogP contribution >= 0.6 is 0 Å². The van der Waals surface area contributed by atoms with Crippen LogP contribution in [-0.2, 0) is 9.59 Å². The van der Waals surface area contributed by atoms with E-state index in [0.29, 0.717) is 5.92 Å². The second-order valence-electron chi connectivity index (χ2n) is 5.42. The highest BCUT2D eigenvalue weighted by Gasteiger charge is 2.52. The molecule has 3 nitrogen and oxygen atoms in total. The van der Waals surface area contributed by atoms with E-state index in [1.807, 2.05) is 6.08 Å². The number of fused-ring (bicyclic) bond motifs is 1. The third-order valence-corrected chi connectivity index (χ3v) is 4.35. The molecule has 0 saturated heterocycles. The van der Waals surface area contributed by atoms with E-state index >= 15 is 0 Å². The molecular weight excluding hydrogens is 204 g/mol. The van der Waals surface area contributed by atoms with Crippen LogP contribution in [0.2, 0.25) is 0 Å². The minimum Gasteiger partial charge on any atom is -0.480 e. The fourth-order valence-corrected chi connectivity index (χ4v) is 3.19. The Bertz CT molecular complexity index is 358. The maximum atomic E-state index is 11.8. The van der Waals surface area contributed by atoms with E-state index in [1.54, 1.807) is 6.92 Å². The maximum Gasteiger partial charge on any atom is 0.317 e. The zero-order valence-corrected chi connectivity index (χ0v) is 9.77. The van der Waals surface area contributed by atoms with Gasteiger partial charge >= 0.3 is 5.97 Å². The number of carboxylic acid groups (broad SMARTS) is 1. The zero-order valence-electron chi connectivity index (χ0n) is 9.77. The van der Waals surface area contributed by atoms with E-state index in [4.69, 9.17) is 0 Å². The topological polar surface area (TPSA) is 54.4 Å². The summed E-state index contributed by atoms with van der Waals surface area (Å²) in [6.45, 7) is 3.79. The number of hydrogen-bond acceptors (Lipinski definition) is 2. The summed E-state index contributed by atoms with van der Waals surface area (Å²) in [5.41, 5.74) is -1.19. The second-order valence-corrected chi connectivity index (χ2v) is 5.42. The highest BCUT2D eigenvalue weighted by atomic mass is 16.4. The fraction of sp³-hybridized carbons (Fsp3) is 0.692. The van der Waals surface area contributed by atoms with Crippen molar-refractivity contribution >= 4 is 11.8 Å². The van der Waals surface area contributed by atoms with Crippen molar-refractivity contribution in [3.63, 3.8) is 0 Å². The molecule has 2 aliphatic carbocycles. The number of aliphatic carboxylic acids is 1. The van der Waals surface area contributed by atoms with Gasteiger partial charge in [0.25, 0.3) is 0 Å². The molecule has 16 heavy (non-hydrogen) atoms. The zero-order chi connectivity index (χ0) is 11.9. The molecule has 4 atom stereocenters. The molecule has 2 aliphatic rings. The molecule has 0 spiro atoms. The highest BCUT2D eigenvalue weighted by Crippen LogP contribution is 2.47. The van der Waals surface area contributed by atoms with Gasteiger partial charge in [-0.05, 0) is 43.6 Å². The van der Waals surface area contributed by atoms with Gasteiger partial charge in [-0.15, -0.1) is 0 Å². The lowest BCUT2D eigenvalue weighted by atomic mass is 9.58. The Morgan fingerprint density at radius 2 is 2.19 bits per heavy atom. The van der Waals surface area contributed by atoms with Gasteiger partial charge in [0.15, 0.2) is 5.78 Å². The monoisotopic (exact) mass is 222 g/mol. The second kappa shape index (κ2) is 3.72. The predicted octanol–water partition coefficient (Wildman–Crippen LogP) is 2.27. The Kier molecular flexibility index (Phi) is 2.64. The van der Waals surface area contributed by atoms with Gasteiger partial charge in [0.1, 0.15) is 5.41 Å². The van der Waals surface area contributed by atoms with Gasteiger partial charge in [0, 0.05) is 0 Å². The van der Waals surface area contributed by atoms with Crippen LogP contribution in [0.3, 0.4) is 0 Å². The van der Waals surface area contributed by atoms with Crippen LogP contribution in [0.4, 0.5) is 0 Å². The van der Waals surface area contributed by atoms with Gasteiger partial charge in [0.2, 0.25) is 0 Å². The molecule has 0 aromatic carbocycles. The normalized spacial score (nSPS) is 42.9. The largest absolute Gasteiger partial charge is 0.480 e. The van der Waals surface area contributed by atoms with E-state index in [1.165, 1.54) is 6.08 Å². The van der Waals surface area contributed by atoms with Crippen molar-refractivity contribution in [2.45, 2.75) is 33.1 Å². The molecule has 0 radical (unpaired) electrons. The first kappa shape index (κ1) is 11.4. The first-order valence-corrected chi connectivity index (χ1v) is 5.92. The minimum atomic E-state index is -1.19. The summed E-state index contributed by atoms with van der Waals surface area (Å²) in [6.07, 6.45) is 6.30. The average molecular weight is 222 g/mol.